The van der Waals surface area contributed by atoms with E-state index in [9.17, 15) is 41.3 Å². The Morgan fingerprint density at radius 3 is 2.07 bits per heavy atom. The molecule has 2 aromatic rings. The first-order valence-corrected chi connectivity index (χ1v) is 7.66. The number of esters is 1. The van der Waals surface area contributed by atoms with E-state index in [2.05, 4.69) is 4.74 Å². The molecule has 0 aliphatic heterocycles. The molecule has 2 rings (SSSR count). The third-order valence-corrected chi connectivity index (χ3v) is 3.79. The van der Waals surface area contributed by atoms with E-state index in [4.69, 9.17) is 16.3 Å². The number of carbonyl (C=O) groups excluding carboxylic acids is 1. The average molecular weight is 444 g/mol. The molecule has 2 aromatic carbocycles. The summed E-state index contributed by atoms with van der Waals surface area (Å²) in [6.45, 7) is 0. The van der Waals surface area contributed by atoms with Crippen molar-refractivity contribution in [2.24, 2.45) is 0 Å². The van der Waals surface area contributed by atoms with Crippen LogP contribution in [-0.2, 0) is 17.1 Å². The monoisotopic (exact) mass is 443 g/mol. The van der Waals surface area contributed by atoms with Crippen LogP contribution < -0.4 is 4.74 Å². The molecule has 0 fully saturated rings. The predicted molar refractivity (Wildman–Crippen MR) is 86.0 cm³/mol. The zero-order valence-electron chi connectivity index (χ0n) is 14.0. The first-order chi connectivity index (χ1) is 13.3. The van der Waals surface area contributed by atoms with E-state index in [1.54, 1.807) is 0 Å². The summed E-state index contributed by atoms with van der Waals surface area (Å²) in [6, 6.07) is 2.72. The molecule has 0 aliphatic carbocycles. The lowest BCUT2D eigenvalue weighted by molar-refractivity contribution is -0.385. The van der Waals surface area contributed by atoms with Gasteiger partial charge in [0.15, 0.2) is 5.56 Å². The molecular formula is C16H8ClF6NO5. The van der Waals surface area contributed by atoms with Crippen LogP contribution in [-0.4, -0.2) is 18.0 Å². The summed E-state index contributed by atoms with van der Waals surface area (Å²) in [6.07, 6.45) is -10.1. The van der Waals surface area contributed by atoms with E-state index in [-0.39, 0.29) is 0 Å². The maximum Gasteiger partial charge on any atom is 0.421 e. The molecule has 6 nitrogen and oxygen atoms in total. The van der Waals surface area contributed by atoms with Crippen molar-refractivity contribution < 1.29 is 45.5 Å². The largest absolute Gasteiger partial charge is 0.465 e. The number of alkyl halides is 6. The standard InChI is InChI=1S/C16H8ClF6NO5/c1-28-14(25)12-9(24(26)27)3-5-11(13(12)16(21,22)23)29-10-4-2-7(6-8(10)17)15(18,19)20/h2-6H,1H3. The van der Waals surface area contributed by atoms with E-state index in [0.717, 1.165) is 0 Å². The van der Waals surface area contributed by atoms with E-state index in [1.165, 1.54) is 0 Å². The van der Waals surface area contributed by atoms with Crippen LogP contribution in [0.15, 0.2) is 30.3 Å². The number of hydrogen-bond donors (Lipinski definition) is 0. The Morgan fingerprint density at radius 2 is 1.62 bits per heavy atom. The maximum atomic E-state index is 13.6. The van der Waals surface area contributed by atoms with E-state index < -0.39 is 62.1 Å². The Balaban J connectivity index is 2.68. The highest BCUT2D eigenvalue weighted by Crippen LogP contribution is 2.45. The molecule has 0 unspecified atom stereocenters. The molecule has 0 radical (unpaired) electrons. The van der Waals surface area contributed by atoms with Gasteiger partial charge in [0.1, 0.15) is 17.1 Å². The molecule has 0 N–H and O–H groups in total. The van der Waals surface area contributed by atoms with Gasteiger partial charge >= 0.3 is 18.3 Å². The van der Waals surface area contributed by atoms with Crippen LogP contribution in [0.2, 0.25) is 5.02 Å². The van der Waals surface area contributed by atoms with Crippen LogP contribution in [0.3, 0.4) is 0 Å². The van der Waals surface area contributed by atoms with Crippen molar-refractivity contribution >= 4 is 23.3 Å². The first kappa shape index (κ1) is 22.3. The number of methoxy groups -OCH3 is 1. The molecule has 0 amide bonds. The second kappa shape index (κ2) is 7.78. The van der Waals surface area contributed by atoms with Gasteiger partial charge in [0.25, 0.3) is 5.69 Å². The summed E-state index contributed by atoms with van der Waals surface area (Å²) in [5.74, 6) is -3.35. The number of halogens is 7. The van der Waals surface area contributed by atoms with Gasteiger partial charge in [0.2, 0.25) is 0 Å². The second-order valence-electron chi connectivity index (χ2n) is 5.32. The highest BCUT2D eigenvalue weighted by atomic mass is 35.5. The molecule has 0 aliphatic rings. The summed E-state index contributed by atoms with van der Waals surface area (Å²) in [5, 5.41) is 10.4. The van der Waals surface area contributed by atoms with Crippen LogP contribution in [0.5, 0.6) is 11.5 Å². The molecule has 156 valence electrons. The molecule has 13 heteroatoms. The molecule has 29 heavy (non-hydrogen) atoms. The molecule has 0 bridgehead atoms. The fourth-order valence-corrected chi connectivity index (χ4v) is 2.50. The van der Waals surface area contributed by atoms with Crippen LogP contribution in [0.25, 0.3) is 0 Å². The summed E-state index contributed by atoms with van der Waals surface area (Å²) in [5.41, 5.74) is -5.64. The van der Waals surface area contributed by atoms with Gasteiger partial charge in [-0.1, -0.05) is 11.6 Å². The second-order valence-corrected chi connectivity index (χ2v) is 5.73. The number of ether oxygens (including phenoxy) is 2. The smallest absolute Gasteiger partial charge is 0.421 e. The van der Waals surface area contributed by atoms with Gasteiger partial charge in [-0.3, -0.25) is 10.1 Å². The van der Waals surface area contributed by atoms with Crippen LogP contribution >= 0.6 is 11.6 Å². The van der Waals surface area contributed by atoms with Gasteiger partial charge in [0, 0.05) is 6.07 Å². The van der Waals surface area contributed by atoms with Crippen molar-refractivity contribution in [2.45, 2.75) is 12.4 Å². The molecule has 0 heterocycles. The summed E-state index contributed by atoms with van der Waals surface area (Å²) in [7, 11) is 0.715. The van der Waals surface area contributed by atoms with Gasteiger partial charge in [-0.15, -0.1) is 0 Å². The summed E-state index contributed by atoms with van der Waals surface area (Å²) in [4.78, 5) is 21.6. The minimum atomic E-state index is -5.32. The quantitative estimate of drug-likeness (QED) is 0.256. The molecule has 0 spiro atoms. The van der Waals surface area contributed by atoms with Crippen LogP contribution in [0.1, 0.15) is 21.5 Å². The Kier molecular flexibility index (Phi) is 5.97. The lowest BCUT2D eigenvalue weighted by Crippen LogP contribution is -2.17. The Labute approximate surface area is 162 Å². The van der Waals surface area contributed by atoms with Gasteiger partial charge in [0.05, 0.1) is 22.6 Å². The maximum absolute atomic E-state index is 13.6. The lowest BCUT2D eigenvalue weighted by Gasteiger charge is -2.17. The highest BCUT2D eigenvalue weighted by molar-refractivity contribution is 6.32. The minimum absolute atomic E-state index is 0.427. The number of benzene rings is 2. The van der Waals surface area contributed by atoms with E-state index in [1.807, 2.05) is 0 Å². The third kappa shape index (κ3) is 4.70. The van der Waals surface area contributed by atoms with Crippen molar-refractivity contribution in [1.29, 1.82) is 0 Å². The zero-order chi connectivity index (χ0) is 22.1. The molecule has 0 saturated heterocycles. The van der Waals surface area contributed by atoms with Crippen LogP contribution in [0, 0.1) is 10.1 Å². The Morgan fingerprint density at radius 1 is 1.03 bits per heavy atom. The minimum Gasteiger partial charge on any atom is -0.465 e. The third-order valence-electron chi connectivity index (χ3n) is 3.49. The van der Waals surface area contributed by atoms with Crippen LogP contribution in [0.4, 0.5) is 32.0 Å². The molecular weight excluding hydrogens is 436 g/mol. The highest BCUT2D eigenvalue weighted by Gasteiger charge is 2.44. The van der Waals surface area contributed by atoms with E-state index in [0.29, 0.717) is 37.4 Å². The van der Waals surface area contributed by atoms with Crippen molar-refractivity contribution in [3.63, 3.8) is 0 Å². The number of rotatable bonds is 4. The molecule has 0 atom stereocenters. The zero-order valence-corrected chi connectivity index (χ0v) is 14.8. The van der Waals surface area contributed by atoms with Gasteiger partial charge in [-0.05, 0) is 24.3 Å². The number of hydrogen-bond acceptors (Lipinski definition) is 5. The van der Waals surface area contributed by atoms with Crippen molar-refractivity contribution in [3.8, 4) is 11.5 Å². The fourth-order valence-electron chi connectivity index (χ4n) is 2.28. The SMILES string of the molecule is COC(=O)c1c([N+](=O)[O-])ccc(Oc2ccc(C(F)(F)F)cc2Cl)c1C(F)(F)F. The first-order valence-electron chi connectivity index (χ1n) is 7.29. The molecule has 0 aromatic heterocycles. The average Bonchev–Trinajstić information content (AvgIpc) is 2.60. The van der Waals surface area contributed by atoms with Gasteiger partial charge in [-0.25, -0.2) is 4.79 Å². The number of nitro groups is 1. The summed E-state index contributed by atoms with van der Waals surface area (Å²) < 4.78 is 87.9. The topological polar surface area (TPSA) is 78.7 Å². The fraction of sp³-hybridized carbons (Fsp3) is 0.188. The normalized spacial score (nSPS) is 11.9. The van der Waals surface area contributed by atoms with Gasteiger partial charge < -0.3 is 9.47 Å². The number of carbonyl (C=O) groups is 1. The van der Waals surface area contributed by atoms with Gasteiger partial charge in [-0.2, -0.15) is 26.3 Å². The number of nitrogens with zero attached hydrogens (tertiary/aromatic N) is 1. The predicted octanol–water partition coefficient (Wildman–Crippen LogP) is 5.86. The van der Waals surface area contributed by atoms with Crippen molar-refractivity contribution in [1.82, 2.24) is 0 Å². The Bertz CT molecular complexity index is 973. The molecule has 0 saturated carbocycles. The summed E-state index contributed by atoms with van der Waals surface area (Å²) >= 11 is 5.66. The van der Waals surface area contributed by atoms with E-state index >= 15 is 0 Å². The van der Waals surface area contributed by atoms with Crippen molar-refractivity contribution in [3.05, 3.63) is 62.2 Å². The van der Waals surface area contributed by atoms with Crippen molar-refractivity contribution in [2.75, 3.05) is 7.11 Å². The lowest BCUT2D eigenvalue weighted by atomic mass is 10.0. The Hall–Kier alpha value is -3.02. The number of nitro benzene ring substituents is 1.